The molecule has 0 aromatic heterocycles. The van der Waals surface area contributed by atoms with Gasteiger partial charge in [0.25, 0.3) is 0 Å². The first kappa shape index (κ1) is 21.0. The van der Waals surface area contributed by atoms with E-state index in [1.165, 1.54) is 0 Å². The molecule has 124 valence electrons. The van der Waals surface area contributed by atoms with Crippen LogP contribution in [0, 0.1) is 26.7 Å². The second-order valence-electron chi connectivity index (χ2n) is 6.40. The molecule has 0 aliphatic rings. The fourth-order valence-corrected chi connectivity index (χ4v) is 3.69. The summed E-state index contributed by atoms with van der Waals surface area (Å²) in [7, 11) is 0.147. The Hall–Kier alpha value is -1.06. The maximum atomic E-state index is 12.7. The van der Waals surface area contributed by atoms with Crippen molar-refractivity contribution in [3.8, 4) is 5.75 Å². The van der Waals surface area contributed by atoms with Crippen LogP contribution in [0.3, 0.4) is 0 Å². The normalized spacial score (nSPS) is 10.9. The molecule has 0 spiro atoms. The summed E-state index contributed by atoms with van der Waals surface area (Å²) >= 11 is 0. The Bertz CT molecular complexity index is 691. The van der Waals surface area contributed by atoms with Crippen LogP contribution in [0.4, 0.5) is 0 Å². The molecule has 0 saturated heterocycles. The van der Waals surface area contributed by atoms with Crippen molar-refractivity contribution in [2.45, 2.75) is 34.6 Å². The zero-order chi connectivity index (χ0) is 17.0. The Morgan fingerprint density at radius 3 is 2.21 bits per heavy atom. The van der Waals surface area contributed by atoms with Gasteiger partial charge in [0.2, 0.25) is 0 Å². The molecule has 2 rings (SSSR count). The molecular weight excluding hydrogens is 310 g/mol. The van der Waals surface area contributed by atoms with Crippen LogP contribution in [0.15, 0.2) is 36.4 Å². The van der Waals surface area contributed by atoms with Crippen LogP contribution in [0.2, 0.25) is 0 Å². The molecule has 2 nitrogen and oxygen atoms in total. The third kappa shape index (κ3) is 5.49. The van der Waals surface area contributed by atoms with Gasteiger partial charge in [-0.25, -0.2) is 0 Å². The van der Waals surface area contributed by atoms with Crippen molar-refractivity contribution < 1.29 is 9.53 Å². The van der Waals surface area contributed by atoms with E-state index in [0.29, 0.717) is 12.5 Å². The molecule has 1 unspecified atom stereocenters. The van der Waals surface area contributed by atoms with Gasteiger partial charge in [0.05, 0.1) is 6.61 Å². The average Bonchev–Trinajstić information content (AvgIpc) is 2.47. The predicted octanol–water partition coefficient (Wildman–Crippen LogP) is 4.14. The molecule has 0 fully saturated rings. The van der Waals surface area contributed by atoms with Gasteiger partial charge in [0.15, 0.2) is 5.52 Å². The molecule has 0 heterocycles. The summed E-state index contributed by atoms with van der Waals surface area (Å²) in [5.41, 5.74) is 4.29. The third-order valence-electron chi connectivity index (χ3n) is 3.74. The van der Waals surface area contributed by atoms with Gasteiger partial charge >= 0.3 is 18.9 Å². The molecule has 0 amide bonds. The molecule has 1 atom stereocenters. The second kappa shape index (κ2) is 9.43. The standard InChI is InChI=1S/C20H25O2P.Li.H/c1-13(2)12-22-17-9-10-18(16(5)11-17)23-20(21)19-14(3)7-6-8-15(19)4;;/h6-11,13,23H,12H2,1-5H3;;. The third-order valence-corrected chi connectivity index (χ3v) is 5.04. The number of benzene rings is 2. The van der Waals surface area contributed by atoms with Gasteiger partial charge in [-0.15, -0.1) is 0 Å². The Labute approximate surface area is 159 Å². The van der Waals surface area contributed by atoms with Gasteiger partial charge in [-0.3, -0.25) is 4.79 Å². The Morgan fingerprint density at radius 2 is 1.67 bits per heavy atom. The van der Waals surface area contributed by atoms with Crippen LogP contribution >= 0.6 is 8.58 Å². The minimum atomic E-state index is 0. The van der Waals surface area contributed by atoms with E-state index in [0.717, 1.165) is 33.3 Å². The minimum absolute atomic E-state index is 0. The number of ether oxygens (including phenoxy) is 1. The summed E-state index contributed by atoms with van der Waals surface area (Å²) in [6, 6.07) is 12.0. The molecule has 2 aromatic carbocycles. The van der Waals surface area contributed by atoms with Crippen molar-refractivity contribution in [1.82, 2.24) is 0 Å². The molecule has 4 heteroatoms. The summed E-state index contributed by atoms with van der Waals surface area (Å²) in [5, 5.41) is 1.09. The summed E-state index contributed by atoms with van der Waals surface area (Å²) in [5.74, 6) is 1.38. The summed E-state index contributed by atoms with van der Waals surface area (Å²) in [6.07, 6.45) is 0. The van der Waals surface area contributed by atoms with Crippen molar-refractivity contribution in [2.75, 3.05) is 6.61 Å². The predicted molar refractivity (Wildman–Crippen MR) is 107 cm³/mol. The molecule has 0 N–H and O–H groups in total. The van der Waals surface area contributed by atoms with E-state index < -0.39 is 0 Å². The van der Waals surface area contributed by atoms with Crippen molar-refractivity contribution in [1.29, 1.82) is 0 Å². The Balaban J connectivity index is 0.00000288. The van der Waals surface area contributed by atoms with Crippen LogP contribution in [0.25, 0.3) is 0 Å². The number of hydrogen-bond donors (Lipinski definition) is 0. The summed E-state index contributed by atoms with van der Waals surface area (Å²) < 4.78 is 5.75. The van der Waals surface area contributed by atoms with E-state index in [9.17, 15) is 4.79 Å². The first-order chi connectivity index (χ1) is 10.9. The van der Waals surface area contributed by atoms with Crippen LogP contribution in [0.1, 0.15) is 40.9 Å². The number of aryl methyl sites for hydroxylation is 3. The van der Waals surface area contributed by atoms with Gasteiger partial charge < -0.3 is 4.74 Å². The molecule has 0 bridgehead atoms. The average molecular weight is 336 g/mol. The van der Waals surface area contributed by atoms with Crippen LogP contribution in [-0.4, -0.2) is 31.0 Å². The van der Waals surface area contributed by atoms with E-state index in [1.54, 1.807) is 0 Å². The van der Waals surface area contributed by atoms with Gasteiger partial charge in [0.1, 0.15) is 5.75 Å². The number of carbonyl (C=O) groups excluding carboxylic acids is 1. The fraction of sp³-hybridized carbons (Fsp3) is 0.350. The first-order valence-electron chi connectivity index (χ1n) is 7.99. The molecule has 0 aliphatic carbocycles. The van der Waals surface area contributed by atoms with E-state index in [-0.39, 0.29) is 33.0 Å². The maximum absolute atomic E-state index is 12.7. The Morgan fingerprint density at radius 1 is 1.04 bits per heavy atom. The molecule has 24 heavy (non-hydrogen) atoms. The second-order valence-corrected chi connectivity index (χ2v) is 7.65. The first-order valence-corrected chi connectivity index (χ1v) is 8.99. The number of hydrogen-bond acceptors (Lipinski definition) is 2. The van der Waals surface area contributed by atoms with Crippen LogP contribution in [-0.2, 0) is 0 Å². The quantitative estimate of drug-likeness (QED) is 0.585. The van der Waals surface area contributed by atoms with E-state index in [2.05, 4.69) is 13.8 Å². The fourth-order valence-electron chi connectivity index (χ4n) is 2.49. The molecule has 2 aromatic rings. The Kier molecular flexibility index (Phi) is 8.24. The monoisotopic (exact) mass is 336 g/mol. The van der Waals surface area contributed by atoms with E-state index in [1.807, 2.05) is 57.2 Å². The van der Waals surface area contributed by atoms with Crippen molar-refractivity contribution in [3.05, 3.63) is 58.7 Å². The molecule has 0 radical (unpaired) electrons. The van der Waals surface area contributed by atoms with Crippen molar-refractivity contribution in [3.63, 3.8) is 0 Å². The van der Waals surface area contributed by atoms with Crippen molar-refractivity contribution >= 4 is 38.3 Å². The summed E-state index contributed by atoms with van der Waals surface area (Å²) in [4.78, 5) is 12.7. The van der Waals surface area contributed by atoms with Crippen molar-refractivity contribution in [2.24, 2.45) is 5.92 Å². The molecule has 0 saturated carbocycles. The molecular formula is C20H26LiO2P. The van der Waals surface area contributed by atoms with Gasteiger partial charge in [-0.05, 0) is 69.4 Å². The zero-order valence-corrected chi connectivity index (χ0v) is 15.6. The topological polar surface area (TPSA) is 26.3 Å². The summed E-state index contributed by atoms with van der Waals surface area (Å²) in [6.45, 7) is 11.0. The SMILES string of the molecule is Cc1cc(OCC(C)C)ccc1PC(=O)c1c(C)cccc1C.[LiH]. The van der Waals surface area contributed by atoms with E-state index >= 15 is 0 Å². The molecule has 0 aliphatic heterocycles. The number of carbonyl (C=O) groups is 1. The van der Waals surface area contributed by atoms with Crippen LogP contribution in [0.5, 0.6) is 5.75 Å². The van der Waals surface area contributed by atoms with Gasteiger partial charge in [0, 0.05) is 5.56 Å². The zero-order valence-electron chi connectivity index (χ0n) is 14.6. The number of rotatable bonds is 6. The van der Waals surface area contributed by atoms with E-state index in [4.69, 9.17) is 4.74 Å². The van der Waals surface area contributed by atoms with Crippen LogP contribution < -0.4 is 10.0 Å². The van der Waals surface area contributed by atoms with Gasteiger partial charge in [-0.1, -0.05) is 38.1 Å². The van der Waals surface area contributed by atoms with Gasteiger partial charge in [-0.2, -0.15) is 0 Å².